The number of hydrogen-bond donors (Lipinski definition) is 0. The molecule has 1 heterocycles. The third kappa shape index (κ3) is 4.90. The van der Waals surface area contributed by atoms with Gasteiger partial charge in [-0.1, -0.05) is 23.7 Å². The smallest absolute Gasteiger partial charge is 0.416 e. The Morgan fingerprint density at radius 3 is 2.39 bits per heavy atom. The average Bonchev–Trinajstić information content (AvgIpc) is 2.67. The number of halogens is 4. The molecule has 1 aliphatic heterocycles. The van der Waals surface area contributed by atoms with E-state index >= 15 is 0 Å². The Balaban J connectivity index is 1.58. The number of benzene rings is 2. The van der Waals surface area contributed by atoms with Crippen molar-refractivity contribution < 1.29 is 22.7 Å². The Labute approximate surface area is 166 Å². The normalized spacial score (nSPS) is 16.0. The van der Waals surface area contributed by atoms with Crippen LogP contribution >= 0.6 is 11.6 Å². The van der Waals surface area contributed by atoms with Crippen LogP contribution in [0.15, 0.2) is 48.5 Å². The van der Waals surface area contributed by atoms with Crippen LogP contribution in [-0.2, 0) is 11.0 Å². The standard InChI is InChI=1S/C20H20ClF3N2O2/c1-14(28-18-7-3-5-16(21)13-18)19(27)26-10-8-25(9-11-26)17-6-2-4-15(12-17)20(22,23)24/h2-7,12-14H,8-11H2,1H3/t14-/m0/s1. The van der Waals surface area contributed by atoms with Crippen molar-refractivity contribution >= 4 is 23.2 Å². The van der Waals surface area contributed by atoms with Crippen LogP contribution in [0.3, 0.4) is 0 Å². The van der Waals surface area contributed by atoms with Gasteiger partial charge in [0.05, 0.1) is 5.56 Å². The maximum absolute atomic E-state index is 12.9. The van der Waals surface area contributed by atoms with Crippen molar-refractivity contribution in [3.05, 3.63) is 59.1 Å². The van der Waals surface area contributed by atoms with Crippen LogP contribution in [0.2, 0.25) is 5.02 Å². The van der Waals surface area contributed by atoms with E-state index in [1.165, 1.54) is 6.07 Å². The van der Waals surface area contributed by atoms with Crippen LogP contribution in [0.5, 0.6) is 5.75 Å². The zero-order chi connectivity index (χ0) is 20.3. The van der Waals surface area contributed by atoms with Crippen LogP contribution in [-0.4, -0.2) is 43.1 Å². The van der Waals surface area contributed by atoms with E-state index in [-0.39, 0.29) is 5.91 Å². The zero-order valence-corrected chi connectivity index (χ0v) is 16.0. The van der Waals surface area contributed by atoms with Crippen molar-refractivity contribution in [2.24, 2.45) is 0 Å². The van der Waals surface area contributed by atoms with E-state index in [2.05, 4.69) is 0 Å². The van der Waals surface area contributed by atoms with Gasteiger partial charge in [-0.05, 0) is 43.3 Å². The van der Waals surface area contributed by atoms with Crippen LogP contribution in [0.1, 0.15) is 12.5 Å². The first-order valence-corrected chi connectivity index (χ1v) is 9.25. The van der Waals surface area contributed by atoms with Gasteiger partial charge in [0.15, 0.2) is 6.10 Å². The lowest BCUT2D eigenvalue weighted by Gasteiger charge is -2.37. The molecule has 2 aromatic rings. The Morgan fingerprint density at radius 2 is 1.75 bits per heavy atom. The number of carbonyl (C=O) groups is 1. The van der Waals surface area contributed by atoms with Gasteiger partial charge in [-0.2, -0.15) is 13.2 Å². The maximum Gasteiger partial charge on any atom is 0.416 e. The second kappa shape index (κ2) is 8.31. The predicted molar refractivity (Wildman–Crippen MR) is 102 cm³/mol. The minimum atomic E-state index is -4.37. The summed E-state index contributed by atoms with van der Waals surface area (Å²) in [5.41, 5.74) is -0.169. The van der Waals surface area contributed by atoms with Gasteiger partial charge < -0.3 is 14.5 Å². The van der Waals surface area contributed by atoms with E-state index < -0.39 is 17.8 Å². The maximum atomic E-state index is 12.9. The number of carbonyl (C=O) groups excluding carboxylic acids is 1. The number of hydrogen-bond acceptors (Lipinski definition) is 3. The number of ether oxygens (including phenoxy) is 1. The van der Waals surface area contributed by atoms with Gasteiger partial charge in [-0.25, -0.2) is 0 Å². The highest BCUT2D eigenvalue weighted by atomic mass is 35.5. The molecule has 150 valence electrons. The van der Waals surface area contributed by atoms with Crippen LogP contribution in [0.25, 0.3) is 0 Å². The van der Waals surface area contributed by atoms with Gasteiger partial charge in [0.2, 0.25) is 0 Å². The fourth-order valence-corrected chi connectivity index (χ4v) is 3.30. The number of nitrogens with zero attached hydrogens (tertiary/aromatic N) is 2. The molecular formula is C20H20ClF3N2O2. The second-order valence-corrected chi connectivity index (χ2v) is 7.01. The SMILES string of the molecule is C[C@H](Oc1cccc(Cl)c1)C(=O)N1CCN(c2cccc(C(F)(F)F)c2)CC1. The molecule has 0 bridgehead atoms. The third-order valence-electron chi connectivity index (χ3n) is 4.59. The van der Waals surface area contributed by atoms with E-state index in [1.54, 1.807) is 42.2 Å². The molecule has 1 aliphatic rings. The highest BCUT2D eigenvalue weighted by molar-refractivity contribution is 6.30. The van der Waals surface area contributed by atoms with Crippen LogP contribution in [0.4, 0.5) is 18.9 Å². The van der Waals surface area contributed by atoms with Crippen LogP contribution in [0, 0.1) is 0 Å². The van der Waals surface area contributed by atoms with E-state index in [4.69, 9.17) is 16.3 Å². The Bertz CT molecular complexity index is 836. The molecule has 2 aromatic carbocycles. The molecule has 0 radical (unpaired) electrons. The summed E-state index contributed by atoms with van der Waals surface area (Å²) >= 11 is 5.92. The summed E-state index contributed by atoms with van der Waals surface area (Å²) in [6.45, 7) is 3.41. The molecule has 0 aliphatic carbocycles. The molecule has 1 amide bonds. The molecule has 28 heavy (non-hydrogen) atoms. The van der Waals surface area contributed by atoms with E-state index in [9.17, 15) is 18.0 Å². The first-order chi connectivity index (χ1) is 13.2. The molecule has 8 heteroatoms. The minimum absolute atomic E-state index is 0.163. The third-order valence-corrected chi connectivity index (χ3v) is 4.82. The molecule has 1 fully saturated rings. The number of rotatable bonds is 4. The Hall–Kier alpha value is -2.41. The van der Waals surface area contributed by atoms with Gasteiger partial charge in [-0.3, -0.25) is 4.79 Å². The number of alkyl halides is 3. The molecule has 1 atom stereocenters. The van der Waals surface area contributed by atoms with E-state index in [1.807, 2.05) is 4.90 Å². The minimum Gasteiger partial charge on any atom is -0.481 e. The molecule has 0 unspecified atom stereocenters. The van der Waals surface area contributed by atoms with E-state index in [0.717, 1.165) is 12.1 Å². The van der Waals surface area contributed by atoms with Gasteiger partial charge >= 0.3 is 6.18 Å². The fraction of sp³-hybridized carbons (Fsp3) is 0.350. The summed E-state index contributed by atoms with van der Waals surface area (Å²) < 4.78 is 44.4. The molecule has 1 saturated heterocycles. The number of piperazine rings is 1. The predicted octanol–water partition coefficient (Wildman–Crippen LogP) is 4.47. The Kier molecular flexibility index (Phi) is 6.03. The summed E-state index contributed by atoms with van der Waals surface area (Å²) in [5, 5.41) is 0.520. The summed E-state index contributed by atoms with van der Waals surface area (Å²) in [4.78, 5) is 16.1. The zero-order valence-electron chi connectivity index (χ0n) is 15.2. The van der Waals surface area contributed by atoms with Gasteiger partial charge in [0, 0.05) is 36.9 Å². The largest absolute Gasteiger partial charge is 0.481 e. The summed E-state index contributed by atoms with van der Waals surface area (Å²) in [7, 11) is 0. The molecule has 4 nitrogen and oxygen atoms in total. The van der Waals surface area contributed by atoms with E-state index in [0.29, 0.717) is 42.6 Å². The summed E-state index contributed by atoms with van der Waals surface area (Å²) in [6.07, 6.45) is -5.06. The molecule has 0 saturated carbocycles. The van der Waals surface area contributed by atoms with Gasteiger partial charge in [0.1, 0.15) is 5.75 Å². The van der Waals surface area contributed by atoms with Gasteiger partial charge in [-0.15, -0.1) is 0 Å². The molecule has 0 N–H and O–H groups in total. The number of amides is 1. The lowest BCUT2D eigenvalue weighted by atomic mass is 10.1. The lowest BCUT2D eigenvalue weighted by Crippen LogP contribution is -2.52. The Morgan fingerprint density at radius 1 is 1.07 bits per heavy atom. The van der Waals surface area contributed by atoms with Crippen molar-refractivity contribution in [2.45, 2.75) is 19.2 Å². The number of anilines is 1. The first kappa shape index (κ1) is 20.3. The first-order valence-electron chi connectivity index (χ1n) is 8.87. The van der Waals surface area contributed by atoms with Crippen LogP contribution < -0.4 is 9.64 Å². The van der Waals surface area contributed by atoms with Crippen molar-refractivity contribution in [3.63, 3.8) is 0 Å². The van der Waals surface area contributed by atoms with Crippen molar-refractivity contribution in [2.75, 3.05) is 31.1 Å². The monoisotopic (exact) mass is 412 g/mol. The highest BCUT2D eigenvalue weighted by Gasteiger charge is 2.31. The fourth-order valence-electron chi connectivity index (χ4n) is 3.12. The molecule has 3 rings (SSSR count). The van der Waals surface area contributed by atoms with Crippen molar-refractivity contribution in [3.8, 4) is 5.75 Å². The van der Waals surface area contributed by atoms with Crippen molar-refractivity contribution in [1.29, 1.82) is 0 Å². The molecule has 0 aromatic heterocycles. The second-order valence-electron chi connectivity index (χ2n) is 6.58. The average molecular weight is 413 g/mol. The van der Waals surface area contributed by atoms with Crippen molar-refractivity contribution in [1.82, 2.24) is 4.90 Å². The summed E-state index contributed by atoms with van der Waals surface area (Å²) in [5.74, 6) is 0.347. The quantitative estimate of drug-likeness (QED) is 0.742. The topological polar surface area (TPSA) is 32.8 Å². The molecular weight excluding hydrogens is 393 g/mol. The summed E-state index contributed by atoms with van der Waals surface area (Å²) in [6, 6.07) is 12.1. The molecule has 0 spiro atoms. The lowest BCUT2D eigenvalue weighted by molar-refractivity contribution is -0.138. The highest BCUT2D eigenvalue weighted by Crippen LogP contribution is 2.32. The van der Waals surface area contributed by atoms with Gasteiger partial charge in [0.25, 0.3) is 5.91 Å².